The van der Waals surface area contributed by atoms with Crippen LogP contribution in [0.4, 0.5) is 17.3 Å². The van der Waals surface area contributed by atoms with E-state index in [4.69, 9.17) is 27.9 Å². The van der Waals surface area contributed by atoms with E-state index in [-0.39, 0.29) is 17.5 Å². The maximum atomic E-state index is 13.0. The van der Waals surface area contributed by atoms with Crippen LogP contribution in [0.5, 0.6) is 5.88 Å². The second kappa shape index (κ2) is 11.9. The summed E-state index contributed by atoms with van der Waals surface area (Å²) in [4.78, 5) is 24.1. The van der Waals surface area contributed by atoms with Gasteiger partial charge in [-0.15, -0.1) is 0 Å². The van der Waals surface area contributed by atoms with Crippen molar-refractivity contribution in [1.29, 1.82) is 0 Å². The molecule has 1 amide bonds. The molecule has 4 rings (SSSR count). The molecule has 1 aliphatic rings. The molecule has 1 aliphatic carbocycles. The van der Waals surface area contributed by atoms with E-state index in [1.807, 2.05) is 10.9 Å². The van der Waals surface area contributed by atoms with Crippen molar-refractivity contribution in [2.24, 2.45) is 0 Å². The van der Waals surface area contributed by atoms with Gasteiger partial charge >= 0.3 is 0 Å². The van der Waals surface area contributed by atoms with Gasteiger partial charge in [0, 0.05) is 12.4 Å². The summed E-state index contributed by atoms with van der Waals surface area (Å²) in [5, 5.41) is 11.1. The van der Waals surface area contributed by atoms with E-state index in [2.05, 4.69) is 51.5 Å². The Morgan fingerprint density at radius 1 is 1.25 bits per heavy atom. The number of hydrogen-bond donors (Lipinski definition) is 2. The Kier molecular flexibility index (Phi) is 8.66. The van der Waals surface area contributed by atoms with Crippen LogP contribution in [0, 0.1) is 0 Å². The highest BCUT2D eigenvalue weighted by Gasteiger charge is 2.28. The van der Waals surface area contributed by atoms with Gasteiger partial charge in [-0.3, -0.25) is 9.48 Å². The number of carbonyl (C=O) groups excluding carboxylic acids is 1. The summed E-state index contributed by atoms with van der Waals surface area (Å²) in [6, 6.07) is 5.31. The van der Waals surface area contributed by atoms with Crippen LogP contribution in [0.3, 0.4) is 0 Å². The zero-order chi connectivity index (χ0) is 25.7. The number of carbonyl (C=O) groups is 1. The SMILES string of the molecule is CCC(CCN(C)CC)n1cc(Nc2ncc(C(=O)Nc3c(Cl)cccc3Cl)c(OC3CC3)n2)cn1. The number of benzene rings is 1. The van der Waals surface area contributed by atoms with Gasteiger partial charge in [-0.05, 0) is 58.0 Å². The largest absolute Gasteiger partial charge is 0.474 e. The molecule has 36 heavy (non-hydrogen) atoms. The lowest BCUT2D eigenvalue weighted by Gasteiger charge is -2.19. The van der Waals surface area contributed by atoms with Crippen LogP contribution in [-0.4, -0.2) is 56.8 Å². The Balaban J connectivity index is 1.49. The van der Waals surface area contributed by atoms with Crippen molar-refractivity contribution < 1.29 is 9.53 Å². The molecule has 11 heteroatoms. The van der Waals surface area contributed by atoms with E-state index in [1.54, 1.807) is 24.4 Å². The third-order valence-electron chi connectivity index (χ3n) is 6.09. The summed E-state index contributed by atoms with van der Waals surface area (Å²) in [5.74, 6) is 0.0660. The molecule has 1 fully saturated rings. The maximum Gasteiger partial charge on any atom is 0.262 e. The summed E-state index contributed by atoms with van der Waals surface area (Å²) >= 11 is 12.4. The molecule has 1 unspecified atom stereocenters. The Hall–Kier alpha value is -2.88. The Labute approximate surface area is 221 Å². The second-order valence-electron chi connectivity index (χ2n) is 8.86. The first-order valence-electron chi connectivity index (χ1n) is 12.2. The number of anilines is 3. The number of para-hydroxylation sites is 1. The van der Waals surface area contributed by atoms with Gasteiger partial charge in [-0.2, -0.15) is 10.1 Å². The molecule has 1 atom stereocenters. The van der Waals surface area contributed by atoms with Crippen LogP contribution in [-0.2, 0) is 0 Å². The average Bonchev–Trinajstić information content (AvgIpc) is 3.57. The molecule has 2 N–H and O–H groups in total. The van der Waals surface area contributed by atoms with E-state index in [0.717, 1.165) is 44.5 Å². The minimum atomic E-state index is -0.456. The Bertz CT molecular complexity index is 1180. The van der Waals surface area contributed by atoms with Crippen molar-refractivity contribution in [3.05, 3.63) is 52.4 Å². The normalized spacial score (nSPS) is 14.1. The van der Waals surface area contributed by atoms with Gasteiger partial charge in [0.15, 0.2) is 0 Å². The molecule has 0 spiro atoms. The molecule has 0 aliphatic heterocycles. The number of ether oxygens (including phenoxy) is 1. The predicted octanol–water partition coefficient (Wildman–Crippen LogP) is 5.81. The first kappa shape index (κ1) is 26.2. The smallest absolute Gasteiger partial charge is 0.262 e. The van der Waals surface area contributed by atoms with Crippen LogP contribution in [0.1, 0.15) is 55.9 Å². The van der Waals surface area contributed by atoms with Crippen molar-refractivity contribution in [2.45, 2.75) is 51.7 Å². The zero-order valence-electron chi connectivity index (χ0n) is 20.7. The number of amides is 1. The molecule has 9 nitrogen and oxygen atoms in total. The fourth-order valence-corrected chi connectivity index (χ4v) is 4.09. The molecular weight excluding hydrogens is 501 g/mol. The summed E-state index contributed by atoms with van der Waals surface area (Å²) in [6.07, 6.45) is 9.00. The number of aromatic nitrogens is 4. The van der Waals surface area contributed by atoms with Crippen LogP contribution in [0.15, 0.2) is 36.8 Å². The molecule has 192 valence electrons. The third kappa shape index (κ3) is 6.66. The molecule has 3 aromatic rings. The fourth-order valence-electron chi connectivity index (χ4n) is 3.60. The van der Waals surface area contributed by atoms with Gasteiger partial charge in [-0.25, -0.2) is 4.98 Å². The van der Waals surface area contributed by atoms with E-state index < -0.39 is 5.91 Å². The van der Waals surface area contributed by atoms with Crippen LogP contribution >= 0.6 is 23.2 Å². The van der Waals surface area contributed by atoms with Crippen molar-refractivity contribution >= 4 is 46.4 Å². The maximum absolute atomic E-state index is 13.0. The minimum Gasteiger partial charge on any atom is -0.474 e. The van der Waals surface area contributed by atoms with Crippen LogP contribution in [0.2, 0.25) is 10.0 Å². The van der Waals surface area contributed by atoms with Gasteiger partial charge in [0.1, 0.15) is 11.7 Å². The Morgan fingerprint density at radius 3 is 2.67 bits per heavy atom. The molecule has 1 aromatic carbocycles. The predicted molar refractivity (Wildman–Crippen MR) is 143 cm³/mol. The molecule has 0 radical (unpaired) electrons. The summed E-state index contributed by atoms with van der Waals surface area (Å²) in [6.45, 7) is 6.34. The van der Waals surface area contributed by atoms with Crippen molar-refractivity contribution in [2.75, 3.05) is 30.8 Å². The number of rotatable bonds is 12. The summed E-state index contributed by atoms with van der Waals surface area (Å²) < 4.78 is 7.91. The summed E-state index contributed by atoms with van der Waals surface area (Å²) in [5.41, 5.74) is 1.29. The second-order valence-corrected chi connectivity index (χ2v) is 9.68. The quantitative estimate of drug-likeness (QED) is 0.304. The van der Waals surface area contributed by atoms with E-state index in [0.29, 0.717) is 27.7 Å². The molecule has 2 heterocycles. The van der Waals surface area contributed by atoms with E-state index in [9.17, 15) is 4.79 Å². The third-order valence-corrected chi connectivity index (χ3v) is 6.72. The topological polar surface area (TPSA) is 97.2 Å². The standard InChI is InChI=1S/C25H31Cl2N7O2/c1-4-17(11-12-33(3)5-2)34-15-16(13-29-34)30-25-28-14-19(24(32-25)36-18-9-10-18)23(35)31-22-20(26)7-6-8-21(22)27/h6-8,13-15,17-18H,4-5,9-12H2,1-3H3,(H,31,35)(H,28,30,32). The number of halogens is 2. The van der Waals surface area contributed by atoms with E-state index >= 15 is 0 Å². The highest BCUT2D eigenvalue weighted by molar-refractivity contribution is 6.40. The minimum absolute atomic E-state index is 0.0394. The highest BCUT2D eigenvalue weighted by Crippen LogP contribution is 2.32. The van der Waals surface area contributed by atoms with Gasteiger partial charge in [0.05, 0.1) is 33.7 Å². The van der Waals surface area contributed by atoms with Gasteiger partial charge in [0.25, 0.3) is 5.91 Å². The monoisotopic (exact) mass is 531 g/mol. The van der Waals surface area contributed by atoms with Crippen molar-refractivity contribution in [3.8, 4) is 5.88 Å². The molecular formula is C25H31Cl2N7O2. The number of nitrogens with one attached hydrogen (secondary N) is 2. The molecule has 2 aromatic heterocycles. The number of nitrogens with zero attached hydrogens (tertiary/aromatic N) is 5. The van der Waals surface area contributed by atoms with Crippen LogP contribution in [0.25, 0.3) is 0 Å². The first-order chi connectivity index (χ1) is 17.4. The lowest BCUT2D eigenvalue weighted by molar-refractivity contribution is 0.102. The lowest BCUT2D eigenvalue weighted by Crippen LogP contribution is -2.22. The molecule has 0 saturated heterocycles. The molecule has 0 bridgehead atoms. The van der Waals surface area contributed by atoms with Gasteiger partial charge in [0.2, 0.25) is 11.8 Å². The first-order valence-corrected chi connectivity index (χ1v) is 12.9. The number of hydrogen-bond acceptors (Lipinski definition) is 7. The summed E-state index contributed by atoms with van der Waals surface area (Å²) in [7, 11) is 2.12. The fraction of sp³-hybridized carbons (Fsp3) is 0.440. The van der Waals surface area contributed by atoms with Crippen molar-refractivity contribution in [1.82, 2.24) is 24.6 Å². The van der Waals surface area contributed by atoms with E-state index in [1.165, 1.54) is 6.20 Å². The Morgan fingerprint density at radius 2 is 2.00 bits per heavy atom. The van der Waals surface area contributed by atoms with Crippen LogP contribution < -0.4 is 15.4 Å². The molecule has 1 saturated carbocycles. The van der Waals surface area contributed by atoms with Gasteiger partial charge < -0.3 is 20.3 Å². The average molecular weight is 532 g/mol. The lowest BCUT2D eigenvalue weighted by atomic mass is 10.1. The zero-order valence-corrected chi connectivity index (χ0v) is 22.2. The van der Waals surface area contributed by atoms with Gasteiger partial charge in [-0.1, -0.05) is 43.1 Å². The highest BCUT2D eigenvalue weighted by atomic mass is 35.5. The van der Waals surface area contributed by atoms with Crippen molar-refractivity contribution in [3.63, 3.8) is 0 Å².